The van der Waals surface area contributed by atoms with Gasteiger partial charge in [0.2, 0.25) is 0 Å². The molecule has 6 nitrogen and oxygen atoms in total. The van der Waals surface area contributed by atoms with Gasteiger partial charge in [-0.05, 0) is 50.1 Å². The second-order valence-electron chi connectivity index (χ2n) is 7.67. The molecule has 0 fully saturated rings. The summed E-state index contributed by atoms with van der Waals surface area (Å²) < 4.78 is 10.6. The number of methoxy groups -OCH3 is 1. The Morgan fingerprint density at radius 1 is 1.06 bits per heavy atom. The first kappa shape index (κ1) is 23.4. The monoisotopic (exact) mass is 474 g/mol. The number of nitrogens with zero attached hydrogens (tertiary/aromatic N) is 1. The quantitative estimate of drug-likeness (QED) is 0.319. The lowest BCUT2D eigenvalue weighted by Crippen LogP contribution is -2.16. The van der Waals surface area contributed by atoms with E-state index in [2.05, 4.69) is 5.32 Å². The lowest BCUT2D eigenvalue weighted by atomic mass is 10.0. The molecule has 0 aliphatic heterocycles. The molecule has 0 saturated carbocycles. The van der Waals surface area contributed by atoms with Crippen molar-refractivity contribution in [2.24, 2.45) is 0 Å². The van der Waals surface area contributed by atoms with E-state index < -0.39 is 5.97 Å². The molecule has 1 amide bonds. The fraction of sp³-hybridized carbons (Fsp3) is 0.222. The van der Waals surface area contributed by atoms with Crippen molar-refractivity contribution >= 4 is 39.1 Å². The van der Waals surface area contributed by atoms with Crippen LogP contribution >= 0.6 is 11.3 Å². The Hall–Kier alpha value is -3.71. The summed E-state index contributed by atoms with van der Waals surface area (Å²) in [4.78, 5) is 32.0. The van der Waals surface area contributed by atoms with Gasteiger partial charge in [-0.25, -0.2) is 9.78 Å². The van der Waals surface area contributed by atoms with Crippen molar-refractivity contribution in [1.29, 1.82) is 0 Å². The molecule has 0 atom stereocenters. The largest absolute Gasteiger partial charge is 0.497 e. The smallest absolute Gasteiger partial charge is 0.341 e. The number of hydrogen-bond donors (Lipinski definition) is 1. The lowest BCUT2D eigenvalue weighted by Gasteiger charge is -2.12. The van der Waals surface area contributed by atoms with E-state index in [1.165, 1.54) is 11.3 Å². The van der Waals surface area contributed by atoms with Gasteiger partial charge in [0.05, 0.1) is 36.1 Å². The minimum atomic E-state index is -0.421. The summed E-state index contributed by atoms with van der Waals surface area (Å²) in [5.74, 6) is -0.0217. The van der Waals surface area contributed by atoms with E-state index in [4.69, 9.17) is 14.5 Å². The van der Waals surface area contributed by atoms with Gasteiger partial charge in [-0.1, -0.05) is 37.3 Å². The van der Waals surface area contributed by atoms with Crippen molar-refractivity contribution in [3.63, 3.8) is 0 Å². The van der Waals surface area contributed by atoms with Gasteiger partial charge in [-0.3, -0.25) is 4.79 Å². The fourth-order valence-corrected chi connectivity index (χ4v) is 5.10. The van der Waals surface area contributed by atoms with Crippen LogP contribution in [0.2, 0.25) is 0 Å². The number of aryl methyl sites for hydroxylation is 1. The van der Waals surface area contributed by atoms with Crippen LogP contribution in [0, 0.1) is 6.92 Å². The molecule has 174 valence electrons. The van der Waals surface area contributed by atoms with Crippen molar-refractivity contribution in [1.82, 2.24) is 4.98 Å². The van der Waals surface area contributed by atoms with Crippen LogP contribution in [0.15, 0.2) is 54.6 Å². The third-order valence-electron chi connectivity index (χ3n) is 5.60. The molecule has 2 aromatic carbocycles. The summed E-state index contributed by atoms with van der Waals surface area (Å²) in [5.41, 5.74) is 4.01. The number of ether oxygens (including phenoxy) is 2. The number of thiophene rings is 1. The molecule has 0 radical (unpaired) electrons. The van der Waals surface area contributed by atoms with E-state index in [9.17, 15) is 9.59 Å². The Morgan fingerprint density at radius 2 is 1.85 bits per heavy atom. The number of benzene rings is 2. The van der Waals surface area contributed by atoms with Crippen molar-refractivity contribution in [3.05, 3.63) is 76.2 Å². The highest BCUT2D eigenvalue weighted by atomic mass is 32.1. The predicted molar refractivity (Wildman–Crippen MR) is 136 cm³/mol. The Balaban J connectivity index is 1.80. The van der Waals surface area contributed by atoms with Crippen molar-refractivity contribution in [3.8, 4) is 17.0 Å². The van der Waals surface area contributed by atoms with Gasteiger partial charge in [0.15, 0.2) is 0 Å². The number of aromatic nitrogens is 1. The Bertz CT molecular complexity index is 1380. The molecule has 7 heteroatoms. The molecule has 0 aliphatic carbocycles. The SMILES string of the molecule is CCOC(=O)c1c(NC(=O)c2cc(-c3cccc(OC)c3)nc3ccccc23)sc(C)c1CC. The summed E-state index contributed by atoms with van der Waals surface area (Å²) in [6.45, 7) is 5.97. The van der Waals surface area contributed by atoms with Gasteiger partial charge in [0.1, 0.15) is 10.8 Å². The number of esters is 1. The van der Waals surface area contributed by atoms with Crippen molar-refractivity contribution in [2.45, 2.75) is 27.2 Å². The minimum Gasteiger partial charge on any atom is -0.497 e. The number of nitrogens with one attached hydrogen (secondary N) is 1. The van der Waals surface area contributed by atoms with Crippen LogP contribution in [0.3, 0.4) is 0 Å². The highest BCUT2D eigenvalue weighted by molar-refractivity contribution is 7.16. The van der Waals surface area contributed by atoms with E-state index in [-0.39, 0.29) is 12.5 Å². The highest BCUT2D eigenvalue weighted by Gasteiger charge is 2.24. The molecule has 4 aromatic rings. The average molecular weight is 475 g/mol. The Labute approximate surface area is 202 Å². The summed E-state index contributed by atoms with van der Waals surface area (Å²) >= 11 is 1.39. The highest BCUT2D eigenvalue weighted by Crippen LogP contribution is 2.35. The standard InChI is InChI=1S/C27H26N2O4S/c1-5-19-16(3)34-26(24(19)27(31)33-6-2)29-25(30)21-15-23(17-10-9-11-18(14-17)32-4)28-22-13-8-7-12-20(21)22/h7-15H,5-6H2,1-4H3,(H,29,30). The molecule has 1 N–H and O–H groups in total. The molecule has 4 rings (SSSR count). The lowest BCUT2D eigenvalue weighted by molar-refractivity contribution is 0.0527. The summed E-state index contributed by atoms with van der Waals surface area (Å²) in [6.07, 6.45) is 0.671. The molecule has 0 unspecified atom stereocenters. The van der Waals surface area contributed by atoms with Gasteiger partial charge < -0.3 is 14.8 Å². The third kappa shape index (κ3) is 4.52. The maximum Gasteiger partial charge on any atom is 0.341 e. The summed E-state index contributed by atoms with van der Waals surface area (Å²) in [7, 11) is 1.61. The topological polar surface area (TPSA) is 77.5 Å². The van der Waals surface area contributed by atoms with Gasteiger partial charge in [0.25, 0.3) is 5.91 Å². The average Bonchev–Trinajstić information content (AvgIpc) is 3.17. The van der Waals surface area contributed by atoms with Crippen LogP contribution in [0.25, 0.3) is 22.2 Å². The molecular formula is C27H26N2O4S. The van der Waals surface area contributed by atoms with Gasteiger partial charge in [-0.15, -0.1) is 11.3 Å². The van der Waals surface area contributed by atoms with Crippen LogP contribution in [-0.2, 0) is 11.2 Å². The minimum absolute atomic E-state index is 0.267. The van der Waals surface area contributed by atoms with Crippen molar-refractivity contribution < 1.29 is 19.1 Å². The van der Waals surface area contributed by atoms with E-state index in [1.54, 1.807) is 20.1 Å². The number of fused-ring (bicyclic) bond motifs is 1. The second kappa shape index (κ2) is 10.1. The van der Waals surface area contributed by atoms with Crippen molar-refractivity contribution in [2.75, 3.05) is 19.0 Å². The molecule has 2 aromatic heterocycles. The number of carbonyl (C=O) groups excluding carboxylic acids is 2. The van der Waals surface area contributed by atoms with Gasteiger partial charge in [-0.2, -0.15) is 0 Å². The number of carbonyl (C=O) groups is 2. The second-order valence-corrected chi connectivity index (χ2v) is 8.90. The molecule has 0 saturated heterocycles. The zero-order valence-electron chi connectivity index (χ0n) is 19.6. The van der Waals surface area contributed by atoms with E-state index >= 15 is 0 Å². The summed E-state index contributed by atoms with van der Waals surface area (Å²) in [6, 6.07) is 16.8. The van der Waals surface area contributed by atoms with Crippen LogP contribution in [0.4, 0.5) is 5.00 Å². The number of rotatable bonds is 7. The van der Waals surface area contributed by atoms with E-state index in [1.807, 2.05) is 62.4 Å². The first-order chi connectivity index (χ1) is 16.5. The van der Waals surface area contributed by atoms with Gasteiger partial charge in [0, 0.05) is 15.8 Å². The number of pyridine rings is 1. The molecular weight excluding hydrogens is 448 g/mol. The number of para-hydroxylation sites is 1. The van der Waals surface area contributed by atoms with Crippen LogP contribution < -0.4 is 10.1 Å². The maximum atomic E-state index is 13.6. The maximum absolute atomic E-state index is 13.6. The third-order valence-corrected chi connectivity index (χ3v) is 6.66. The Morgan fingerprint density at radius 3 is 2.59 bits per heavy atom. The Kier molecular flexibility index (Phi) is 6.93. The zero-order chi connectivity index (χ0) is 24.2. The van der Waals surface area contributed by atoms with E-state index in [0.29, 0.717) is 39.5 Å². The summed E-state index contributed by atoms with van der Waals surface area (Å²) in [5, 5.41) is 4.21. The van der Waals surface area contributed by atoms with Crippen LogP contribution in [0.5, 0.6) is 5.75 Å². The number of amides is 1. The molecule has 34 heavy (non-hydrogen) atoms. The first-order valence-electron chi connectivity index (χ1n) is 11.1. The van der Waals surface area contributed by atoms with Crippen LogP contribution in [-0.4, -0.2) is 30.6 Å². The van der Waals surface area contributed by atoms with Gasteiger partial charge >= 0.3 is 5.97 Å². The first-order valence-corrected chi connectivity index (χ1v) is 11.9. The molecule has 0 bridgehead atoms. The molecule has 0 spiro atoms. The van der Waals surface area contributed by atoms with E-state index in [0.717, 1.165) is 21.4 Å². The number of anilines is 1. The fourth-order valence-electron chi connectivity index (χ4n) is 3.98. The normalized spacial score (nSPS) is 10.8. The van der Waals surface area contributed by atoms with Crippen LogP contribution in [0.1, 0.15) is 45.0 Å². The zero-order valence-corrected chi connectivity index (χ0v) is 20.4. The molecule has 2 heterocycles. The predicted octanol–water partition coefficient (Wildman–Crippen LogP) is 6.27. The molecule has 0 aliphatic rings. The number of hydrogen-bond acceptors (Lipinski definition) is 6.